The number of Topliss-reactive ketones (excluding diaryl/α,β-unsaturated/α-hetero) is 1. The highest BCUT2D eigenvalue weighted by Crippen LogP contribution is 2.27. The smallest absolute Gasteiger partial charge is 0.300 e. The molecule has 1 aromatic rings. The van der Waals surface area contributed by atoms with Crippen molar-refractivity contribution in [3.8, 4) is 0 Å². The lowest BCUT2D eigenvalue weighted by atomic mass is 10.2. The highest BCUT2D eigenvalue weighted by atomic mass is 19.4. The first-order valence-electron chi connectivity index (χ1n) is 4.00. The molecule has 0 aliphatic rings. The van der Waals surface area contributed by atoms with Crippen molar-refractivity contribution in [1.82, 2.24) is 10.2 Å². The van der Waals surface area contributed by atoms with Crippen LogP contribution in [0.15, 0.2) is 6.07 Å². The van der Waals surface area contributed by atoms with Gasteiger partial charge in [-0.3, -0.25) is 5.10 Å². The van der Waals surface area contributed by atoms with Gasteiger partial charge in [0, 0.05) is 12.1 Å². The monoisotopic (exact) mass is 206 g/mol. The fourth-order valence-electron chi connectivity index (χ4n) is 0.946. The Morgan fingerprint density at radius 3 is 2.64 bits per heavy atom. The van der Waals surface area contributed by atoms with Gasteiger partial charge >= 0.3 is 6.18 Å². The first-order chi connectivity index (χ1) is 6.39. The van der Waals surface area contributed by atoms with Crippen LogP contribution in [0, 0.1) is 0 Å². The molecule has 0 saturated heterocycles. The largest absolute Gasteiger partial charge is 0.435 e. The Labute approximate surface area is 78.3 Å². The van der Waals surface area contributed by atoms with E-state index in [0.717, 1.165) is 6.07 Å². The highest BCUT2D eigenvalue weighted by Gasteiger charge is 2.33. The Morgan fingerprint density at radius 2 is 2.21 bits per heavy atom. The first kappa shape index (κ1) is 10.7. The Bertz CT molecular complexity index is 330. The van der Waals surface area contributed by atoms with Crippen LogP contribution in [0.2, 0.25) is 0 Å². The number of hydrogen-bond donors (Lipinski definition) is 1. The van der Waals surface area contributed by atoms with E-state index in [1.165, 1.54) is 6.92 Å². The number of hydrogen-bond acceptors (Lipinski definition) is 2. The number of ketones is 1. The molecule has 0 saturated carbocycles. The second kappa shape index (κ2) is 3.81. The molecule has 1 heterocycles. The van der Waals surface area contributed by atoms with Gasteiger partial charge in [-0.15, -0.1) is 0 Å². The third-order valence-electron chi connectivity index (χ3n) is 1.67. The fourth-order valence-corrected chi connectivity index (χ4v) is 0.946. The van der Waals surface area contributed by atoms with Crippen molar-refractivity contribution in [2.45, 2.75) is 25.9 Å². The Hall–Kier alpha value is -1.33. The number of aryl methyl sites for hydroxylation is 1. The quantitative estimate of drug-likeness (QED) is 0.821. The van der Waals surface area contributed by atoms with Crippen molar-refractivity contribution in [2.75, 3.05) is 0 Å². The lowest BCUT2D eigenvalue weighted by molar-refractivity contribution is -0.141. The van der Waals surface area contributed by atoms with Gasteiger partial charge in [0.05, 0.1) is 0 Å². The molecule has 0 bridgehead atoms. The van der Waals surface area contributed by atoms with Gasteiger partial charge in [-0.2, -0.15) is 18.3 Å². The van der Waals surface area contributed by atoms with Crippen LogP contribution in [0.3, 0.4) is 0 Å². The average Bonchev–Trinajstić information content (AvgIpc) is 2.47. The predicted molar refractivity (Wildman–Crippen MR) is 42.6 cm³/mol. The SMILES string of the molecule is CC(=O)CCc1cc(C(F)(F)F)n[nH]1. The van der Waals surface area contributed by atoms with Crippen LogP contribution >= 0.6 is 0 Å². The number of carbonyl (C=O) groups excluding carboxylic acids is 1. The summed E-state index contributed by atoms with van der Waals surface area (Å²) in [5.41, 5.74) is -0.622. The van der Waals surface area contributed by atoms with Crippen molar-refractivity contribution in [3.63, 3.8) is 0 Å². The molecule has 0 aromatic carbocycles. The van der Waals surface area contributed by atoms with Gasteiger partial charge in [0.15, 0.2) is 5.69 Å². The Kier molecular flexibility index (Phi) is 2.93. The number of alkyl halides is 3. The van der Waals surface area contributed by atoms with E-state index >= 15 is 0 Å². The van der Waals surface area contributed by atoms with Gasteiger partial charge < -0.3 is 4.79 Å². The van der Waals surface area contributed by atoms with Crippen molar-refractivity contribution in [3.05, 3.63) is 17.5 Å². The highest BCUT2D eigenvalue weighted by molar-refractivity contribution is 5.75. The Morgan fingerprint density at radius 1 is 1.57 bits per heavy atom. The molecular formula is C8H9F3N2O. The lowest BCUT2D eigenvalue weighted by Gasteiger charge is -1.98. The molecule has 0 aliphatic carbocycles. The van der Waals surface area contributed by atoms with Crippen LogP contribution in [0.1, 0.15) is 24.7 Å². The summed E-state index contributed by atoms with van der Waals surface area (Å²) in [6, 6.07) is 0.920. The zero-order valence-electron chi connectivity index (χ0n) is 7.48. The molecule has 0 spiro atoms. The van der Waals surface area contributed by atoms with E-state index in [1.54, 1.807) is 0 Å². The fraction of sp³-hybridized carbons (Fsp3) is 0.500. The molecular weight excluding hydrogens is 197 g/mol. The number of aromatic amines is 1. The summed E-state index contributed by atoms with van der Waals surface area (Å²) in [5.74, 6) is -0.0619. The normalized spacial score (nSPS) is 11.7. The van der Waals surface area contributed by atoms with E-state index < -0.39 is 11.9 Å². The second-order valence-corrected chi connectivity index (χ2v) is 2.98. The standard InChI is InChI=1S/C8H9F3N2O/c1-5(14)2-3-6-4-7(13-12-6)8(9,10)11/h4H,2-3H2,1H3,(H,12,13). The summed E-state index contributed by atoms with van der Waals surface area (Å²) in [6.07, 6.45) is -3.94. The molecule has 1 aromatic heterocycles. The molecule has 6 heteroatoms. The molecule has 3 nitrogen and oxygen atoms in total. The van der Waals surface area contributed by atoms with Gasteiger partial charge in [0.1, 0.15) is 5.78 Å². The molecule has 0 atom stereocenters. The van der Waals surface area contributed by atoms with Crippen LogP contribution in [-0.4, -0.2) is 16.0 Å². The number of rotatable bonds is 3. The van der Waals surface area contributed by atoms with E-state index in [9.17, 15) is 18.0 Å². The number of halogens is 3. The van der Waals surface area contributed by atoms with Crippen LogP contribution in [0.25, 0.3) is 0 Å². The van der Waals surface area contributed by atoms with Gasteiger partial charge in [-0.1, -0.05) is 0 Å². The van der Waals surface area contributed by atoms with Gasteiger partial charge in [0.2, 0.25) is 0 Å². The second-order valence-electron chi connectivity index (χ2n) is 2.98. The van der Waals surface area contributed by atoms with E-state index in [-0.39, 0.29) is 18.6 Å². The maximum atomic E-state index is 12.1. The molecule has 14 heavy (non-hydrogen) atoms. The summed E-state index contributed by atoms with van der Waals surface area (Å²) < 4.78 is 36.2. The molecule has 0 fully saturated rings. The van der Waals surface area contributed by atoms with E-state index in [4.69, 9.17) is 0 Å². The zero-order chi connectivity index (χ0) is 10.8. The summed E-state index contributed by atoms with van der Waals surface area (Å²) in [4.78, 5) is 10.6. The number of nitrogens with one attached hydrogen (secondary N) is 1. The van der Waals surface area contributed by atoms with Crippen LogP contribution in [0.4, 0.5) is 13.2 Å². The minimum atomic E-state index is -4.43. The lowest BCUT2D eigenvalue weighted by Crippen LogP contribution is -2.04. The van der Waals surface area contributed by atoms with Crippen LogP contribution < -0.4 is 0 Å². The molecule has 0 amide bonds. The van der Waals surface area contributed by atoms with Crippen molar-refractivity contribution in [1.29, 1.82) is 0 Å². The summed E-state index contributed by atoms with van der Waals surface area (Å²) in [6.45, 7) is 1.39. The maximum absolute atomic E-state index is 12.1. The number of aromatic nitrogens is 2. The average molecular weight is 206 g/mol. The van der Waals surface area contributed by atoms with E-state index in [1.807, 2.05) is 0 Å². The minimum absolute atomic E-state index is 0.0619. The molecule has 0 radical (unpaired) electrons. The summed E-state index contributed by atoms with van der Waals surface area (Å²) >= 11 is 0. The topological polar surface area (TPSA) is 45.8 Å². The molecule has 78 valence electrons. The van der Waals surface area contributed by atoms with Crippen molar-refractivity contribution in [2.24, 2.45) is 0 Å². The minimum Gasteiger partial charge on any atom is -0.300 e. The van der Waals surface area contributed by atoms with E-state index in [2.05, 4.69) is 10.2 Å². The Balaban J connectivity index is 2.64. The first-order valence-corrected chi connectivity index (χ1v) is 4.00. The predicted octanol–water partition coefficient (Wildman–Crippen LogP) is 1.95. The molecule has 1 rings (SSSR count). The summed E-state index contributed by atoms with van der Waals surface area (Å²) in [7, 11) is 0. The third kappa shape index (κ3) is 2.86. The van der Waals surface area contributed by atoms with Crippen molar-refractivity contribution >= 4 is 5.78 Å². The zero-order valence-corrected chi connectivity index (χ0v) is 7.48. The van der Waals surface area contributed by atoms with Crippen molar-refractivity contribution < 1.29 is 18.0 Å². The third-order valence-corrected chi connectivity index (χ3v) is 1.67. The van der Waals surface area contributed by atoms with Gasteiger partial charge in [-0.05, 0) is 19.4 Å². The van der Waals surface area contributed by atoms with E-state index in [0.29, 0.717) is 5.69 Å². The number of carbonyl (C=O) groups is 1. The van der Waals surface area contributed by atoms with Crippen LogP contribution in [0.5, 0.6) is 0 Å². The van der Waals surface area contributed by atoms with Crippen LogP contribution in [-0.2, 0) is 17.4 Å². The maximum Gasteiger partial charge on any atom is 0.435 e. The molecule has 0 aliphatic heterocycles. The number of H-pyrrole nitrogens is 1. The van der Waals surface area contributed by atoms with Gasteiger partial charge in [-0.25, -0.2) is 0 Å². The number of nitrogens with zero attached hydrogens (tertiary/aromatic N) is 1. The van der Waals surface area contributed by atoms with Gasteiger partial charge in [0.25, 0.3) is 0 Å². The summed E-state index contributed by atoms with van der Waals surface area (Å²) in [5, 5.41) is 5.35. The molecule has 1 N–H and O–H groups in total. The molecule has 0 unspecified atom stereocenters.